The van der Waals surface area contributed by atoms with Crippen LogP contribution in [0.2, 0.25) is 0 Å². The van der Waals surface area contributed by atoms with Crippen molar-refractivity contribution in [1.82, 2.24) is 5.32 Å². The van der Waals surface area contributed by atoms with E-state index in [0.29, 0.717) is 25.8 Å². The van der Waals surface area contributed by atoms with Gasteiger partial charge in [0.15, 0.2) is 0 Å². The molecule has 6 heteroatoms. The summed E-state index contributed by atoms with van der Waals surface area (Å²) in [7, 11) is 0. The van der Waals surface area contributed by atoms with Gasteiger partial charge in [-0.1, -0.05) is 6.92 Å². The lowest BCUT2D eigenvalue weighted by atomic mass is 9.79. The summed E-state index contributed by atoms with van der Waals surface area (Å²) < 4.78 is 4.87. The first-order chi connectivity index (χ1) is 8.81. The van der Waals surface area contributed by atoms with Crippen molar-refractivity contribution in [3.63, 3.8) is 0 Å². The molecule has 0 aliphatic heterocycles. The molecule has 0 rings (SSSR count). The monoisotopic (exact) mass is 272 g/mol. The summed E-state index contributed by atoms with van der Waals surface area (Å²) in [5, 5.41) is 2.66. The summed E-state index contributed by atoms with van der Waals surface area (Å²) >= 11 is 0. The van der Waals surface area contributed by atoms with E-state index < -0.39 is 5.41 Å². The van der Waals surface area contributed by atoms with Crippen molar-refractivity contribution in [3.8, 4) is 0 Å². The molecule has 3 N–H and O–H groups in total. The Labute approximate surface area is 114 Å². The Balaban J connectivity index is 4.12. The molecule has 0 spiro atoms. The quantitative estimate of drug-likeness (QED) is 0.467. The summed E-state index contributed by atoms with van der Waals surface area (Å²) in [6, 6.07) is 0. The number of carbonyl (C=O) groups excluding carboxylic acids is 3. The second kappa shape index (κ2) is 8.63. The van der Waals surface area contributed by atoms with Gasteiger partial charge in [-0.2, -0.15) is 0 Å². The number of hydrogen-bond donors (Lipinski definition) is 2. The normalized spacial score (nSPS) is 13.5. The third kappa shape index (κ3) is 7.56. The van der Waals surface area contributed by atoms with Crippen LogP contribution < -0.4 is 11.1 Å². The maximum atomic E-state index is 11.7. The van der Waals surface area contributed by atoms with Gasteiger partial charge >= 0.3 is 5.97 Å². The lowest BCUT2D eigenvalue weighted by Gasteiger charge is -2.26. The minimum Gasteiger partial charge on any atom is -0.466 e. The Morgan fingerprint density at radius 3 is 2.32 bits per heavy atom. The van der Waals surface area contributed by atoms with Crippen molar-refractivity contribution >= 4 is 17.7 Å². The van der Waals surface area contributed by atoms with Crippen LogP contribution in [0, 0.1) is 5.41 Å². The van der Waals surface area contributed by atoms with E-state index >= 15 is 0 Å². The number of amides is 1. The van der Waals surface area contributed by atoms with Gasteiger partial charge in [0.2, 0.25) is 5.91 Å². The van der Waals surface area contributed by atoms with Crippen molar-refractivity contribution in [2.75, 3.05) is 19.7 Å². The minimum atomic E-state index is -0.525. The van der Waals surface area contributed by atoms with Crippen molar-refractivity contribution < 1.29 is 19.1 Å². The van der Waals surface area contributed by atoms with E-state index in [0.717, 1.165) is 0 Å². The Bertz CT molecular complexity index is 331. The Kier molecular flexibility index (Phi) is 7.98. The number of ether oxygens (including phenoxy) is 1. The average molecular weight is 272 g/mol. The van der Waals surface area contributed by atoms with E-state index in [4.69, 9.17) is 10.5 Å². The first-order valence-electron chi connectivity index (χ1n) is 6.43. The second-order valence-corrected chi connectivity index (χ2v) is 4.86. The lowest BCUT2D eigenvalue weighted by Crippen LogP contribution is -2.33. The molecule has 0 saturated heterocycles. The zero-order valence-electron chi connectivity index (χ0n) is 12.0. The second-order valence-electron chi connectivity index (χ2n) is 4.86. The van der Waals surface area contributed by atoms with E-state index in [1.807, 2.05) is 6.92 Å². The summed E-state index contributed by atoms with van der Waals surface area (Å²) in [5.74, 6) is -0.490. The molecule has 0 aliphatic carbocycles. The van der Waals surface area contributed by atoms with Crippen molar-refractivity contribution in [3.05, 3.63) is 0 Å². The summed E-state index contributed by atoms with van der Waals surface area (Å²) in [4.78, 5) is 33.3. The molecular formula is C13H24N2O4. The van der Waals surface area contributed by atoms with Crippen LogP contribution in [0.15, 0.2) is 0 Å². The minimum absolute atomic E-state index is 0.0313. The third-order valence-electron chi connectivity index (χ3n) is 3.22. The molecule has 6 nitrogen and oxygen atoms in total. The molecule has 1 unspecified atom stereocenters. The van der Waals surface area contributed by atoms with Gasteiger partial charge in [0.25, 0.3) is 0 Å². The number of nitrogens with one attached hydrogen (secondary N) is 1. The molecule has 0 radical (unpaired) electrons. The fourth-order valence-corrected chi connectivity index (χ4v) is 1.68. The highest BCUT2D eigenvalue weighted by molar-refractivity contribution is 5.82. The van der Waals surface area contributed by atoms with E-state index in [2.05, 4.69) is 5.32 Å². The number of nitrogens with two attached hydrogens (primary N) is 1. The van der Waals surface area contributed by atoms with Crippen LogP contribution in [-0.4, -0.2) is 37.4 Å². The summed E-state index contributed by atoms with van der Waals surface area (Å²) in [5.41, 5.74) is 4.64. The van der Waals surface area contributed by atoms with Crippen LogP contribution >= 0.6 is 0 Å². The number of ketones is 1. The molecule has 0 aromatic carbocycles. The van der Waals surface area contributed by atoms with Crippen molar-refractivity contribution in [2.24, 2.45) is 11.1 Å². The summed E-state index contributed by atoms with van der Waals surface area (Å²) in [6.45, 7) is 5.42. The number of hydrogen-bond acceptors (Lipinski definition) is 5. The number of rotatable bonds is 9. The van der Waals surface area contributed by atoms with Crippen LogP contribution in [-0.2, 0) is 19.1 Å². The highest BCUT2D eigenvalue weighted by Crippen LogP contribution is 2.28. The van der Waals surface area contributed by atoms with E-state index in [9.17, 15) is 14.4 Å². The first-order valence-corrected chi connectivity index (χ1v) is 6.43. The maximum absolute atomic E-state index is 11.7. The topological polar surface area (TPSA) is 98.5 Å². The van der Waals surface area contributed by atoms with Gasteiger partial charge in [-0.05, 0) is 26.2 Å². The van der Waals surface area contributed by atoms with Crippen LogP contribution in [0.1, 0.15) is 40.0 Å². The van der Waals surface area contributed by atoms with Gasteiger partial charge in [0, 0.05) is 18.9 Å². The molecule has 1 amide bonds. The molecule has 0 aromatic rings. The maximum Gasteiger partial charge on any atom is 0.302 e. The SMILES string of the molecule is CC(=O)OCCC(C)(CCCNC(=O)CN)C(C)=O. The van der Waals surface area contributed by atoms with Crippen LogP contribution in [0.25, 0.3) is 0 Å². The largest absolute Gasteiger partial charge is 0.466 e. The molecule has 0 saturated carbocycles. The van der Waals surface area contributed by atoms with Gasteiger partial charge in [-0.3, -0.25) is 14.4 Å². The van der Waals surface area contributed by atoms with E-state index in [1.54, 1.807) is 0 Å². The molecule has 0 aromatic heterocycles. The first kappa shape index (κ1) is 17.6. The van der Waals surface area contributed by atoms with Crippen molar-refractivity contribution in [2.45, 2.75) is 40.0 Å². The predicted octanol–water partition coefficient (Wildman–Crippen LogP) is 0.390. The van der Waals surface area contributed by atoms with Crippen LogP contribution in [0.5, 0.6) is 0 Å². The van der Waals surface area contributed by atoms with E-state index in [1.165, 1.54) is 13.8 Å². The Morgan fingerprint density at radius 1 is 1.21 bits per heavy atom. The smallest absolute Gasteiger partial charge is 0.302 e. The number of esters is 1. The third-order valence-corrected chi connectivity index (χ3v) is 3.22. The molecular weight excluding hydrogens is 248 g/mol. The van der Waals surface area contributed by atoms with Gasteiger partial charge in [-0.15, -0.1) is 0 Å². The molecule has 0 fully saturated rings. The van der Waals surface area contributed by atoms with Gasteiger partial charge in [0.1, 0.15) is 5.78 Å². The lowest BCUT2D eigenvalue weighted by molar-refractivity contribution is -0.143. The highest BCUT2D eigenvalue weighted by Gasteiger charge is 2.29. The highest BCUT2D eigenvalue weighted by atomic mass is 16.5. The zero-order chi connectivity index (χ0) is 14.9. The summed E-state index contributed by atoms with van der Waals surface area (Å²) in [6.07, 6.45) is 1.81. The number of Topliss-reactive ketones (excluding diaryl/α,β-unsaturated/α-hetero) is 1. The molecule has 19 heavy (non-hydrogen) atoms. The molecule has 0 heterocycles. The fourth-order valence-electron chi connectivity index (χ4n) is 1.68. The van der Waals surface area contributed by atoms with Crippen molar-refractivity contribution in [1.29, 1.82) is 0 Å². The van der Waals surface area contributed by atoms with E-state index in [-0.39, 0.29) is 30.8 Å². The molecule has 110 valence electrons. The fraction of sp³-hybridized carbons (Fsp3) is 0.769. The van der Waals surface area contributed by atoms with Crippen LogP contribution in [0.3, 0.4) is 0 Å². The van der Waals surface area contributed by atoms with Crippen LogP contribution in [0.4, 0.5) is 0 Å². The Morgan fingerprint density at radius 2 is 1.84 bits per heavy atom. The number of carbonyl (C=O) groups is 3. The molecule has 1 atom stereocenters. The standard InChI is InChI=1S/C13H24N2O4/c1-10(16)13(3,6-8-19-11(2)17)5-4-7-15-12(18)9-14/h4-9,14H2,1-3H3,(H,15,18). The Hall–Kier alpha value is -1.43. The predicted molar refractivity (Wildman–Crippen MR) is 71.3 cm³/mol. The van der Waals surface area contributed by atoms with Gasteiger partial charge in [0.05, 0.1) is 13.2 Å². The average Bonchev–Trinajstić information content (AvgIpc) is 2.33. The molecule has 0 aliphatic rings. The van der Waals surface area contributed by atoms with Gasteiger partial charge < -0.3 is 15.8 Å². The molecule has 0 bridgehead atoms. The van der Waals surface area contributed by atoms with Gasteiger partial charge in [-0.25, -0.2) is 0 Å². The zero-order valence-corrected chi connectivity index (χ0v) is 12.0.